The summed E-state index contributed by atoms with van der Waals surface area (Å²) in [6.07, 6.45) is 1.32. The maximum atomic E-state index is 5.79. The number of nitrogens with two attached hydrogens (primary N) is 1. The molecule has 0 aliphatic heterocycles. The number of nitrogen functional groups attached to an aromatic ring is 1. The Labute approximate surface area is 109 Å². The molecule has 0 fully saturated rings. The minimum absolute atomic E-state index is 0.266. The van der Waals surface area contributed by atoms with Gasteiger partial charge < -0.3 is 14.9 Å². The van der Waals surface area contributed by atoms with Crippen LogP contribution in [0.15, 0.2) is 30.6 Å². The third-order valence-electron chi connectivity index (χ3n) is 2.14. The summed E-state index contributed by atoms with van der Waals surface area (Å²) in [6, 6.07) is 6.87. The highest BCUT2D eigenvalue weighted by atomic mass is 35.5. The molecule has 0 amide bonds. The van der Waals surface area contributed by atoms with Crippen LogP contribution >= 0.6 is 11.6 Å². The number of anilines is 1. The van der Waals surface area contributed by atoms with Crippen LogP contribution in [0.4, 0.5) is 5.82 Å². The summed E-state index contributed by atoms with van der Waals surface area (Å²) in [5.74, 6) is 6.84. The molecule has 6 nitrogen and oxygen atoms in total. The lowest BCUT2D eigenvalue weighted by molar-refractivity contribution is 0.369. The summed E-state index contributed by atoms with van der Waals surface area (Å²) in [5, 5.41) is 0.626. The number of benzene rings is 1. The molecule has 3 N–H and O–H groups in total. The first-order chi connectivity index (χ1) is 8.74. The number of hydrogen-bond donors (Lipinski definition) is 2. The van der Waals surface area contributed by atoms with Crippen LogP contribution in [-0.2, 0) is 0 Å². The predicted octanol–water partition coefficient (Wildman–Crippen LogP) is 2.22. The lowest BCUT2D eigenvalue weighted by Crippen LogP contribution is -2.10. The second-order valence-corrected chi connectivity index (χ2v) is 3.70. The van der Waals surface area contributed by atoms with Crippen LogP contribution in [-0.4, -0.2) is 17.1 Å². The molecule has 0 unspecified atom stereocenters. The van der Waals surface area contributed by atoms with Crippen LogP contribution in [0.2, 0.25) is 5.02 Å². The summed E-state index contributed by atoms with van der Waals surface area (Å²) in [6.45, 7) is 0. The lowest BCUT2D eigenvalue weighted by atomic mass is 10.3. The number of methoxy groups -OCH3 is 1. The number of nitrogens with zero attached hydrogens (tertiary/aromatic N) is 2. The number of ether oxygens (including phenoxy) is 2. The van der Waals surface area contributed by atoms with E-state index in [0.29, 0.717) is 22.3 Å². The average molecular weight is 267 g/mol. The fourth-order valence-corrected chi connectivity index (χ4v) is 1.46. The Bertz CT molecular complexity index is 533. The second-order valence-electron chi connectivity index (χ2n) is 3.26. The second kappa shape index (κ2) is 5.52. The zero-order chi connectivity index (χ0) is 13.0. The van der Waals surface area contributed by atoms with E-state index in [1.54, 1.807) is 24.3 Å². The fourth-order valence-electron chi connectivity index (χ4n) is 1.33. The number of hydrazine groups is 1. The Hall–Kier alpha value is -2.05. The van der Waals surface area contributed by atoms with E-state index in [4.69, 9.17) is 26.9 Å². The first kappa shape index (κ1) is 12.4. The molecule has 0 atom stereocenters. The van der Waals surface area contributed by atoms with E-state index < -0.39 is 0 Å². The molecule has 1 aromatic carbocycles. The first-order valence-corrected chi connectivity index (χ1v) is 5.41. The Kier molecular flexibility index (Phi) is 3.81. The minimum atomic E-state index is 0.266. The van der Waals surface area contributed by atoms with Gasteiger partial charge in [0.25, 0.3) is 5.88 Å². The summed E-state index contributed by atoms with van der Waals surface area (Å²) < 4.78 is 10.7. The van der Waals surface area contributed by atoms with Crippen molar-refractivity contribution in [3.05, 3.63) is 35.6 Å². The SMILES string of the molecule is COc1c(NN)ncnc1Oc1ccc(Cl)cc1. The number of aromatic nitrogens is 2. The number of hydrogen-bond acceptors (Lipinski definition) is 6. The molecule has 94 valence electrons. The van der Waals surface area contributed by atoms with Crippen molar-refractivity contribution < 1.29 is 9.47 Å². The molecule has 18 heavy (non-hydrogen) atoms. The molecule has 0 radical (unpaired) electrons. The fraction of sp³-hybridized carbons (Fsp3) is 0.0909. The topological polar surface area (TPSA) is 82.3 Å². The summed E-state index contributed by atoms with van der Waals surface area (Å²) >= 11 is 5.79. The number of nitrogens with one attached hydrogen (secondary N) is 1. The van der Waals surface area contributed by atoms with Crippen molar-refractivity contribution in [3.8, 4) is 17.4 Å². The molecule has 0 saturated heterocycles. The summed E-state index contributed by atoms with van der Waals surface area (Å²) in [7, 11) is 1.48. The Morgan fingerprint density at radius 1 is 1.22 bits per heavy atom. The largest absolute Gasteiger partial charge is 0.489 e. The van der Waals surface area contributed by atoms with E-state index in [9.17, 15) is 0 Å². The monoisotopic (exact) mass is 266 g/mol. The molecule has 0 bridgehead atoms. The highest BCUT2D eigenvalue weighted by Gasteiger charge is 2.13. The molecule has 0 aliphatic carbocycles. The van der Waals surface area contributed by atoms with Crippen LogP contribution in [0.1, 0.15) is 0 Å². The van der Waals surface area contributed by atoms with Crippen LogP contribution in [0.25, 0.3) is 0 Å². The Balaban J connectivity index is 2.31. The van der Waals surface area contributed by atoms with Gasteiger partial charge in [0.1, 0.15) is 12.1 Å². The van der Waals surface area contributed by atoms with Crippen molar-refractivity contribution in [1.82, 2.24) is 9.97 Å². The Morgan fingerprint density at radius 2 is 1.94 bits per heavy atom. The van der Waals surface area contributed by atoms with Gasteiger partial charge in [0.05, 0.1) is 7.11 Å². The van der Waals surface area contributed by atoms with Gasteiger partial charge in [0.2, 0.25) is 5.75 Å². The van der Waals surface area contributed by atoms with Gasteiger partial charge in [0, 0.05) is 5.02 Å². The van der Waals surface area contributed by atoms with Crippen molar-refractivity contribution in [2.75, 3.05) is 12.5 Å². The van der Waals surface area contributed by atoms with E-state index in [2.05, 4.69) is 15.4 Å². The third-order valence-corrected chi connectivity index (χ3v) is 2.39. The van der Waals surface area contributed by atoms with Gasteiger partial charge in [-0.2, -0.15) is 4.98 Å². The van der Waals surface area contributed by atoms with Crippen molar-refractivity contribution >= 4 is 17.4 Å². The minimum Gasteiger partial charge on any atom is -0.489 e. The molecule has 1 aromatic heterocycles. The van der Waals surface area contributed by atoms with Crippen molar-refractivity contribution in [2.45, 2.75) is 0 Å². The molecule has 0 spiro atoms. The Morgan fingerprint density at radius 3 is 2.56 bits per heavy atom. The van der Waals surface area contributed by atoms with Gasteiger partial charge in [-0.05, 0) is 24.3 Å². The lowest BCUT2D eigenvalue weighted by Gasteiger charge is -2.11. The molecule has 7 heteroatoms. The molecule has 0 aliphatic rings. The maximum absolute atomic E-state index is 5.79. The molecule has 2 rings (SSSR count). The van der Waals surface area contributed by atoms with Gasteiger partial charge in [-0.25, -0.2) is 10.8 Å². The summed E-state index contributed by atoms with van der Waals surface area (Å²) in [4.78, 5) is 7.90. The average Bonchev–Trinajstić information content (AvgIpc) is 2.41. The smallest absolute Gasteiger partial charge is 0.268 e. The van der Waals surface area contributed by atoms with Gasteiger partial charge in [-0.15, -0.1) is 0 Å². The van der Waals surface area contributed by atoms with E-state index >= 15 is 0 Å². The van der Waals surface area contributed by atoms with Gasteiger partial charge >= 0.3 is 0 Å². The van der Waals surface area contributed by atoms with E-state index in [0.717, 1.165) is 0 Å². The quantitative estimate of drug-likeness (QED) is 0.652. The molecule has 1 heterocycles. The molecular weight excluding hydrogens is 256 g/mol. The van der Waals surface area contributed by atoms with Crippen molar-refractivity contribution in [3.63, 3.8) is 0 Å². The van der Waals surface area contributed by atoms with E-state index in [1.807, 2.05) is 0 Å². The molecule has 0 saturated carbocycles. The van der Waals surface area contributed by atoms with Gasteiger partial charge in [-0.3, -0.25) is 0 Å². The third kappa shape index (κ3) is 2.61. The van der Waals surface area contributed by atoms with Crippen molar-refractivity contribution in [1.29, 1.82) is 0 Å². The molecule has 2 aromatic rings. The zero-order valence-corrected chi connectivity index (χ0v) is 10.3. The van der Waals surface area contributed by atoms with Gasteiger partial charge in [-0.1, -0.05) is 11.6 Å². The van der Waals surface area contributed by atoms with Crippen molar-refractivity contribution in [2.24, 2.45) is 5.84 Å². The predicted molar refractivity (Wildman–Crippen MR) is 67.9 cm³/mol. The zero-order valence-electron chi connectivity index (χ0n) is 9.55. The van der Waals surface area contributed by atoms with Gasteiger partial charge in [0.15, 0.2) is 5.82 Å². The van der Waals surface area contributed by atoms with Crippen LogP contribution in [0, 0.1) is 0 Å². The maximum Gasteiger partial charge on any atom is 0.268 e. The van der Waals surface area contributed by atoms with E-state index in [1.165, 1.54) is 13.4 Å². The van der Waals surface area contributed by atoms with Crippen LogP contribution < -0.4 is 20.7 Å². The standard InChI is InChI=1S/C11H11ClN4O2/c1-17-9-10(16-13)14-6-15-11(9)18-8-4-2-7(12)3-5-8/h2-6H,13H2,1H3,(H,14,15,16). The van der Waals surface area contributed by atoms with E-state index in [-0.39, 0.29) is 5.88 Å². The highest BCUT2D eigenvalue weighted by molar-refractivity contribution is 6.30. The highest BCUT2D eigenvalue weighted by Crippen LogP contribution is 2.33. The van der Waals surface area contributed by atoms with Crippen LogP contribution in [0.5, 0.6) is 17.4 Å². The van der Waals surface area contributed by atoms with Crippen LogP contribution in [0.3, 0.4) is 0 Å². The normalized spacial score (nSPS) is 9.94. The molecular formula is C11H11ClN4O2. The first-order valence-electron chi connectivity index (χ1n) is 5.03. The number of halogens is 1. The summed E-state index contributed by atoms with van der Waals surface area (Å²) in [5.41, 5.74) is 2.40. The number of rotatable bonds is 4.